The number of hydrogen-bond acceptors (Lipinski definition) is 12. The first-order valence-electron chi connectivity index (χ1n) is 22.3. The van der Waals surface area contributed by atoms with Crippen LogP contribution < -0.4 is 31.1 Å². The number of hydrogen-bond donors (Lipinski definition) is 3. The van der Waals surface area contributed by atoms with Gasteiger partial charge in [-0.15, -0.1) is 0 Å². The van der Waals surface area contributed by atoms with E-state index in [0.717, 1.165) is 81.2 Å². The zero-order valence-corrected chi connectivity index (χ0v) is 37.0. The summed E-state index contributed by atoms with van der Waals surface area (Å²) < 4.78 is 29.4. The summed E-state index contributed by atoms with van der Waals surface area (Å²) in [6.07, 6.45) is 7.68. The largest absolute Gasteiger partial charge is 0.478 e. The van der Waals surface area contributed by atoms with Crippen LogP contribution in [0.1, 0.15) is 98.7 Å². The van der Waals surface area contributed by atoms with Gasteiger partial charge in [0.05, 0.1) is 23.9 Å². The Morgan fingerprint density at radius 3 is 2.47 bits per heavy atom. The Kier molecular flexibility index (Phi) is 12.3. The molecule has 0 radical (unpaired) electrons. The van der Waals surface area contributed by atoms with Crippen LogP contribution in [0.15, 0.2) is 47.4 Å². The highest BCUT2D eigenvalue weighted by atomic mass is 35.5. The molecule has 6 heterocycles. The summed E-state index contributed by atoms with van der Waals surface area (Å²) in [6, 6.07) is 10.00. The van der Waals surface area contributed by atoms with Crippen LogP contribution in [-0.2, 0) is 25.7 Å². The van der Waals surface area contributed by atoms with E-state index in [1.54, 1.807) is 16.8 Å². The first-order valence-corrected chi connectivity index (χ1v) is 22.6. The van der Waals surface area contributed by atoms with E-state index in [0.29, 0.717) is 39.6 Å². The fourth-order valence-electron chi connectivity index (χ4n) is 9.87. The zero-order valence-electron chi connectivity index (χ0n) is 36.2. The number of halogens is 2. The molecule has 338 valence electrons. The first-order chi connectivity index (χ1) is 30.8. The van der Waals surface area contributed by atoms with Crippen molar-refractivity contribution in [3.63, 3.8) is 0 Å². The van der Waals surface area contributed by atoms with Crippen molar-refractivity contribution in [1.29, 1.82) is 0 Å². The number of likely N-dealkylation sites (tertiary alicyclic amines) is 1. The summed E-state index contributed by atoms with van der Waals surface area (Å²) in [4.78, 5) is 77.8. The van der Waals surface area contributed by atoms with Crippen molar-refractivity contribution in [1.82, 2.24) is 35.0 Å². The van der Waals surface area contributed by atoms with E-state index >= 15 is 4.39 Å². The van der Waals surface area contributed by atoms with E-state index in [4.69, 9.17) is 26.1 Å². The maximum absolute atomic E-state index is 15.5. The quantitative estimate of drug-likeness (QED) is 0.159. The summed E-state index contributed by atoms with van der Waals surface area (Å²) in [5.74, 6) is -0.721. The number of pyridine rings is 1. The van der Waals surface area contributed by atoms with Crippen molar-refractivity contribution < 1.29 is 33.0 Å². The van der Waals surface area contributed by atoms with Crippen LogP contribution in [0.25, 0.3) is 10.9 Å². The van der Waals surface area contributed by atoms with Crippen molar-refractivity contribution in [3.05, 3.63) is 80.5 Å². The van der Waals surface area contributed by atoms with Gasteiger partial charge in [0.2, 0.25) is 17.8 Å². The fraction of sp³-hybridized carbons (Fsp3) is 0.500. The standard InChI is InChI=1S/C46H53ClFN9O7/c1-25(2)57-37-5-4-29(16-27(37)18-39(45(57)62)63-24-41(59)49-3)51-42-35(47)22-50-46(53-42)55-14-10-31(11-15-55)64-32-19-30(20-32)54-12-8-26(9-13-54)33-17-28-23-56(44(61)34(28)21-36(33)48)38-6-7-40(58)52-43(38)60/h4-5,16-18,21-22,25-26,30-32,38H,6-15,19-20,23-24H2,1-3H3,(H,49,59)(H,50,51,53)(H,52,58,60)/t30?,32?,38-/m1/s1. The Bertz CT molecular complexity index is 2550. The molecule has 1 saturated carbocycles. The number of ether oxygens (including phenoxy) is 2. The summed E-state index contributed by atoms with van der Waals surface area (Å²) >= 11 is 6.59. The predicted octanol–water partition coefficient (Wildman–Crippen LogP) is 5.19. The van der Waals surface area contributed by atoms with E-state index in [1.165, 1.54) is 18.0 Å². The third kappa shape index (κ3) is 8.76. The summed E-state index contributed by atoms with van der Waals surface area (Å²) in [5.41, 5.74) is 2.80. The van der Waals surface area contributed by atoms with Gasteiger partial charge < -0.3 is 39.4 Å². The van der Waals surface area contributed by atoms with Crippen LogP contribution in [0.5, 0.6) is 5.75 Å². The van der Waals surface area contributed by atoms with Crippen LogP contribution in [-0.4, -0.2) is 112 Å². The number of carbonyl (C=O) groups excluding carboxylic acids is 4. The van der Waals surface area contributed by atoms with E-state index in [1.807, 2.05) is 38.1 Å². The molecule has 4 aliphatic heterocycles. The lowest BCUT2D eigenvalue weighted by atomic mass is 9.83. The van der Waals surface area contributed by atoms with Crippen molar-refractivity contribution in [2.75, 3.05) is 50.1 Å². The summed E-state index contributed by atoms with van der Waals surface area (Å²) in [7, 11) is 1.51. The van der Waals surface area contributed by atoms with Gasteiger partial charge in [0.25, 0.3) is 17.4 Å². The molecule has 9 rings (SSSR count). The minimum absolute atomic E-state index is 0.0531. The van der Waals surface area contributed by atoms with Crippen LogP contribution in [0.3, 0.4) is 0 Å². The third-order valence-corrected chi connectivity index (χ3v) is 13.7. The van der Waals surface area contributed by atoms with Gasteiger partial charge in [-0.2, -0.15) is 4.98 Å². The second kappa shape index (κ2) is 18.1. The van der Waals surface area contributed by atoms with Crippen molar-refractivity contribution in [3.8, 4) is 5.75 Å². The molecule has 64 heavy (non-hydrogen) atoms. The van der Waals surface area contributed by atoms with Crippen molar-refractivity contribution in [2.24, 2.45) is 0 Å². The Hall–Kier alpha value is -5.65. The molecule has 4 fully saturated rings. The van der Waals surface area contributed by atoms with E-state index < -0.39 is 11.9 Å². The number of likely N-dealkylation sites (N-methyl/N-ethyl adjacent to an activating group) is 1. The molecule has 4 amide bonds. The van der Waals surface area contributed by atoms with Crippen LogP contribution in [0.2, 0.25) is 5.02 Å². The van der Waals surface area contributed by atoms with Gasteiger partial charge in [-0.1, -0.05) is 17.7 Å². The van der Waals surface area contributed by atoms with E-state index in [-0.39, 0.29) is 85.0 Å². The molecule has 0 unspecified atom stereocenters. The average molecular weight is 898 g/mol. The molecule has 1 atom stereocenters. The number of nitrogens with zero attached hydrogens (tertiary/aromatic N) is 6. The Morgan fingerprint density at radius 2 is 1.75 bits per heavy atom. The molecule has 3 saturated heterocycles. The predicted molar refractivity (Wildman–Crippen MR) is 238 cm³/mol. The highest BCUT2D eigenvalue weighted by Crippen LogP contribution is 2.39. The zero-order chi connectivity index (χ0) is 44.8. The smallest absolute Gasteiger partial charge is 0.293 e. The monoisotopic (exact) mass is 897 g/mol. The summed E-state index contributed by atoms with van der Waals surface area (Å²) in [5, 5.41) is 9.25. The average Bonchev–Trinajstić information content (AvgIpc) is 3.58. The number of rotatable bonds is 12. The Labute approximate surface area is 374 Å². The van der Waals surface area contributed by atoms with Crippen LogP contribution >= 0.6 is 11.6 Å². The molecule has 4 aromatic rings. The lowest BCUT2D eigenvalue weighted by molar-refractivity contribution is -0.137. The van der Waals surface area contributed by atoms with Crippen LogP contribution in [0, 0.1) is 5.82 Å². The molecule has 16 nitrogen and oxygen atoms in total. The molecule has 0 bridgehead atoms. The maximum atomic E-state index is 15.5. The lowest BCUT2D eigenvalue weighted by Crippen LogP contribution is -2.52. The second-order valence-corrected chi connectivity index (χ2v) is 18.2. The minimum Gasteiger partial charge on any atom is -0.478 e. The van der Waals surface area contributed by atoms with Gasteiger partial charge in [-0.05, 0) is 119 Å². The highest BCUT2D eigenvalue weighted by Gasteiger charge is 2.41. The molecule has 1 aliphatic carbocycles. The SMILES string of the molecule is CNC(=O)COc1cc2cc(Nc3nc(N4CCC(OC5CC(N6CCC(c7cc8c(cc7F)C(=O)N([C@@H]7CCC(=O)NC7=O)C8)CC6)C5)CC4)ncc3Cl)ccc2n(C(C)C)c1=O. The molecule has 2 aromatic carbocycles. The number of imide groups is 1. The second-order valence-electron chi connectivity index (χ2n) is 17.8. The van der Waals surface area contributed by atoms with Crippen molar-refractivity contribution >= 4 is 63.6 Å². The van der Waals surface area contributed by atoms with Gasteiger partial charge in [-0.25, -0.2) is 9.37 Å². The molecular formula is C46H53ClFN9O7. The van der Waals surface area contributed by atoms with Gasteiger partial charge in [0.1, 0.15) is 16.9 Å². The number of piperidine rings is 3. The van der Waals surface area contributed by atoms with Crippen LogP contribution in [0.4, 0.5) is 21.8 Å². The van der Waals surface area contributed by atoms with E-state index in [9.17, 15) is 24.0 Å². The van der Waals surface area contributed by atoms with Gasteiger partial charge in [0, 0.05) is 61.8 Å². The van der Waals surface area contributed by atoms with Gasteiger partial charge >= 0.3 is 0 Å². The van der Waals surface area contributed by atoms with E-state index in [2.05, 4.69) is 30.7 Å². The molecule has 0 spiro atoms. The number of benzene rings is 2. The molecule has 5 aliphatic rings. The van der Waals surface area contributed by atoms with Gasteiger partial charge in [-0.3, -0.25) is 29.3 Å². The molecule has 3 N–H and O–H groups in total. The maximum Gasteiger partial charge on any atom is 0.293 e. The summed E-state index contributed by atoms with van der Waals surface area (Å²) in [6.45, 7) is 7.01. The van der Waals surface area contributed by atoms with Gasteiger partial charge in [0.15, 0.2) is 18.2 Å². The topological polar surface area (TPSA) is 180 Å². The molecular weight excluding hydrogens is 845 g/mol. The number of fused-ring (bicyclic) bond motifs is 2. The Morgan fingerprint density at radius 1 is 0.984 bits per heavy atom. The van der Waals surface area contributed by atoms with Crippen molar-refractivity contribution in [2.45, 2.75) is 108 Å². The lowest BCUT2D eigenvalue weighted by Gasteiger charge is -2.47. The first kappa shape index (κ1) is 43.6. The number of amides is 4. The highest BCUT2D eigenvalue weighted by molar-refractivity contribution is 6.33. The fourth-order valence-corrected chi connectivity index (χ4v) is 10.0. The number of nitrogens with one attached hydrogen (secondary N) is 3. The normalized spacial score (nSPS) is 22.2. The number of aromatic nitrogens is 3. The third-order valence-electron chi connectivity index (χ3n) is 13.5. The number of anilines is 3. The molecule has 2 aromatic heterocycles. The minimum atomic E-state index is -0.724. The Balaban J connectivity index is 0.746. The molecule has 18 heteroatoms. The number of carbonyl (C=O) groups is 4.